The van der Waals surface area contributed by atoms with Crippen LogP contribution >= 0.6 is 0 Å². The van der Waals surface area contributed by atoms with Crippen LogP contribution < -0.4 is 4.90 Å². The monoisotopic (exact) mass is 395 g/mol. The number of carboxylic acids is 1. The molecule has 0 bridgehead atoms. The van der Waals surface area contributed by atoms with Gasteiger partial charge in [-0.05, 0) is 37.5 Å². The van der Waals surface area contributed by atoms with Crippen LogP contribution in [0.15, 0.2) is 24.3 Å². The van der Waals surface area contributed by atoms with Crippen molar-refractivity contribution in [3.05, 3.63) is 29.8 Å². The first kappa shape index (κ1) is 19.6. The van der Waals surface area contributed by atoms with Crippen LogP contribution in [-0.4, -0.2) is 79.1 Å². The smallest absolute Gasteiger partial charge is 0.326 e. The van der Waals surface area contributed by atoms with Crippen molar-refractivity contribution in [2.75, 3.05) is 43.4 Å². The number of aliphatic carboxylic acids is 1. The second-order valence-corrected chi connectivity index (χ2v) is 9.03. The number of rotatable bonds is 5. The van der Waals surface area contributed by atoms with Crippen LogP contribution in [0.3, 0.4) is 0 Å². The van der Waals surface area contributed by atoms with E-state index in [1.54, 1.807) is 0 Å². The highest BCUT2D eigenvalue weighted by Gasteiger charge is 2.37. The third-order valence-electron chi connectivity index (χ3n) is 5.16. The van der Waals surface area contributed by atoms with Crippen LogP contribution in [0.5, 0.6) is 0 Å². The molecular formula is C18H25N3O5S. The van der Waals surface area contributed by atoms with Crippen LogP contribution in [-0.2, 0) is 19.6 Å². The summed E-state index contributed by atoms with van der Waals surface area (Å²) in [5, 5.41) is 9.18. The van der Waals surface area contributed by atoms with Crippen molar-refractivity contribution in [2.45, 2.75) is 25.8 Å². The zero-order valence-corrected chi connectivity index (χ0v) is 16.2. The number of carbonyl (C=O) groups excluding carboxylic acids is 1. The predicted octanol–water partition coefficient (Wildman–Crippen LogP) is 0.522. The SMILES string of the molecule is Cc1cccc(N2CCN(S(=O)(=O)CC(=O)N3CCC[C@@H]3C(=O)O)CC2)c1. The van der Waals surface area contributed by atoms with Crippen LogP contribution in [0.25, 0.3) is 0 Å². The molecule has 0 unspecified atom stereocenters. The molecule has 0 saturated carbocycles. The lowest BCUT2D eigenvalue weighted by Gasteiger charge is -2.35. The van der Waals surface area contributed by atoms with E-state index in [4.69, 9.17) is 0 Å². The number of amides is 1. The first-order valence-corrected chi connectivity index (χ1v) is 10.7. The van der Waals surface area contributed by atoms with Crippen LogP contribution in [0.4, 0.5) is 5.69 Å². The zero-order chi connectivity index (χ0) is 19.6. The lowest BCUT2D eigenvalue weighted by atomic mass is 10.2. The summed E-state index contributed by atoms with van der Waals surface area (Å²) in [5.74, 6) is -2.37. The minimum Gasteiger partial charge on any atom is -0.480 e. The Morgan fingerprint density at radius 3 is 2.48 bits per heavy atom. The van der Waals surface area contributed by atoms with Gasteiger partial charge in [0.15, 0.2) is 0 Å². The number of carboxylic acid groups (broad SMARTS) is 1. The molecule has 3 rings (SSSR count). The fourth-order valence-corrected chi connectivity index (χ4v) is 5.08. The highest BCUT2D eigenvalue weighted by molar-refractivity contribution is 7.89. The number of benzene rings is 1. The average molecular weight is 395 g/mol. The summed E-state index contributed by atoms with van der Waals surface area (Å²) in [6.45, 7) is 4.04. The number of sulfonamides is 1. The van der Waals surface area contributed by atoms with Crippen molar-refractivity contribution in [1.82, 2.24) is 9.21 Å². The van der Waals surface area contributed by atoms with Gasteiger partial charge in [-0.3, -0.25) is 4.79 Å². The van der Waals surface area contributed by atoms with Gasteiger partial charge in [-0.25, -0.2) is 13.2 Å². The molecule has 0 radical (unpaired) electrons. The lowest BCUT2D eigenvalue weighted by Crippen LogP contribution is -2.51. The Hall–Kier alpha value is -2.13. The zero-order valence-electron chi connectivity index (χ0n) is 15.4. The summed E-state index contributed by atoms with van der Waals surface area (Å²) in [6, 6.07) is 7.14. The van der Waals surface area contributed by atoms with Crippen LogP contribution in [0.2, 0.25) is 0 Å². The summed E-state index contributed by atoms with van der Waals surface area (Å²) in [4.78, 5) is 26.9. The normalized spacial score (nSPS) is 21.4. The lowest BCUT2D eigenvalue weighted by molar-refractivity contribution is -0.147. The topological polar surface area (TPSA) is 98.2 Å². The molecule has 1 aromatic rings. The van der Waals surface area contributed by atoms with E-state index >= 15 is 0 Å². The van der Waals surface area contributed by atoms with Crippen molar-refractivity contribution in [1.29, 1.82) is 0 Å². The average Bonchev–Trinajstić information content (AvgIpc) is 3.12. The number of piperazine rings is 1. The maximum absolute atomic E-state index is 12.6. The van der Waals surface area contributed by atoms with Gasteiger partial charge in [-0.15, -0.1) is 0 Å². The molecule has 148 valence electrons. The van der Waals surface area contributed by atoms with E-state index in [-0.39, 0.29) is 0 Å². The highest BCUT2D eigenvalue weighted by atomic mass is 32.2. The standard InChI is InChI=1S/C18H25N3O5S/c1-14-4-2-5-15(12-14)19-8-10-20(11-9-19)27(25,26)13-17(22)21-7-3-6-16(21)18(23)24/h2,4-5,12,16H,3,6-11,13H2,1H3,(H,23,24)/t16-/m1/s1. The summed E-state index contributed by atoms with van der Waals surface area (Å²) in [6.07, 6.45) is 0.953. The predicted molar refractivity (Wildman–Crippen MR) is 101 cm³/mol. The Labute approximate surface area is 159 Å². The Balaban J connectivity index is 1.60. The number of hydrogen-bond acceptors (Lipinski definition) is 5. The first-order valence-electron chi connectivity index (χ1n) is 9.09. The number of nitrogens with zero attached hydrogens (tertiary/aromatic N) is 3. The molecule has 2 heterocycles. The van der Waals surface area contributed by atoms with Crippen molar-refractivity contribution >= 4 is 27.6 Å². The Morgan fingerprint density at radius 2 is 1.85 bits per heavy atom. The molecule has 1 atom stereocenters. The van der Waals surface area contributed by atoms with E-state index in [1.165, 1.54) is 9.21 Å². The molecule has 8 nitrogen and oxygen atoms in total. The molecule has 2 fully saturated rings. The second-order valence-electron chi connectivity index (χ2n) is 7.06. The molecule has 0 aromatic heterocycles. The van der Waals surface area contributed by atoms with E-state index in [0.29, 0.717) is 45.6 Å². The summed E-state index contributed by atoms with van der Waals surface area (Å²) < 4.78 is 26.6. The molecule has 2 aliphatic heterocycles. The number of aryl methyl sites for hydroxylation is 1. The largest absolute Gasteiger partial charge is 0.480 e. The molecule has 0 spiro atoms. The van der Waals surface area contributed by atoms with E-state index in [0.717, 1.165) is 11.3 Å². The third-order valence-corrected chi connectivity index (χ3v) is 6.93. The number of anilines is 1. The number of hydrogen-bond donors (Lipinski definition) is 1. The molecule has 1 N–H and O–H groups in total. The highest BCUT2D eigenvalue weighted by Crippen LogP contribution is 2.21. The first-order chi connectivity index (χ1) is 12.8. The van der Waals surface area contributed by atoms with Crippen molar-refractivity contribution < 1.29 is 23.1 Å². The summed E-state index contributed by atoms with van der Waals surface area (Å²) >= 11 is 0. The molecule has 2 saturated heterocycles. The third kappa shape index (κ3) is 4.41. The maximum atomic E-state index is 12.6. The molecule has 0 aliphatic carbocycles. The summed E-state index contributed by atoms with van der Waals surface area (Å²) in [5.41, 5.74) is 2.20. The van der Waals surface area contributed by atoms with Crippen molar-refractivity contribution in [2.24, 2.45) is 0 Å². The molecule has 2 aliphatic rings. The maximum Gasteiger partial charge on any atom is 0.326 e. The van der Waals surface area contributed by atoms with Crippen LogP contribution in [0, 0.1) is 6.92 Å². The molecular weight excluding hydrogens is 370 g/mol. The van der Waals surface area contributed by atoms with E-state index < -0.39 is 33.7 Å². The van der Waals surface area contributed by atoms with Gasteiger partial charge < -0.3 is 14.9 Å². The quantitative estimate of drug-likeness (QED) is 0.781. The second kappa shape index (κ2) is 7.85. The number of carbonyl (C=O) groups is 2. The van der Waals surface area contributed by atoms with Gasteiger partial charge in [0.1, 0.15) is 11.8 Å². The minimum atomic E-state index is -3.76. The van der Waals surface area contributed by atoms with Gasteiger partial charge in [0.05, 0.1) is 0 Å². The van der Waals surface area contributed by atoms with E-state index in [1.807, 2.05) is 25.1 Å². The van der Waals surface area contributed by atoms with Crippen molar-refractivity contribution in [3.63, 3.8) is 0 Å². The van der Waals surface area contributed by atoms with Crippen LogP contribution in [0.1, 0.15) is 18.4 Å². The minimum absolute atomic E-state index is 0.298. The van der Waals surface area contributed by atoms with E-state index in [9.17, 15) is 23.1 Å². The van der Waals surface area contributed by atoms with Gasteiger partial charge in [0, 0.05) is 38.4 Å². The summed E-state index contributed by atoms with van der Waals surface area (Å²) in [7, 11) is -3.76. The fourth-order valence-electron chi connectivity index (χ4n) is 3.70. The molecule has 9 heteroatoms. The van der Waals surface area contributed by atoms with Crippen molar-refractivity contribution in [3.8, 4) is 0 Å². The number of likely N-dealkylation sites (tertiary alicyclic amines) is 1. The Bertz CT molecular complexity index is 818. The molecule has 1 aromatic carbocycles. The van der Waals surface area contributed by atoms with E-state index in [2.05, 4.69) is 11.0 Å². The van der Waals surface area contributed by atoms with Gasteiger partial charge >= 0.3 is 5.97 Å². The Morgan fingerprint density at radius 1 is 1.15 bits per heavy atom. The fraction of sp³-hybridized carbons (Fsp3) is 0.556. The van der Waals surface area contributed by atoms with Gasteiger partial charge in [-0.2, -0.15) is 4.31 Å². The van der Waals surface area contributed by atoms with Gasteiger partial charge in [-0.1, -0.05) is 12.1 Å². The molecule has 1 amide bonds. The Kier molecular flexibility index (Phi) is 5.71. The van der Waals surface area contributed by atoms with Gasteiger partial charge in [0.2, 0.25) is 15.9 Å². The molecule has 27 heavy (non-hydrogen) atoms. The van der Waals surface area contributed by atoms with Gasteiger partial charge in [0.25, 0.3) is 0 Å².